The molecule has 0 radical (unpaired) electrons. The second-order valence-electron chi connectivity index (χ2n) is 11.7. The molecule has 49 heavy (non-hydrogen) atoms. The van der Waals surface area contributed by atoms with Crippen LogP contribution in [0.25, 0.3) is 11.1 Å². The molecule has 2 heterocycles. The van der Waals surface area contributed by atoms with Gasteiger partial charge in [-0.2, -0.15) is 13.2 Å². The van der Waals surface area contributed by atoms with Crippen LogP contribution in [0.1, 0.15) is 66.1 Å². The number of esters is 1. The summed E-state index contributed by atoms with van der Waals surface area (Å²) in [5, 5.41) is 3.94. The van der Waals surface area contributed by atoms with Crippen LogP contribution in [0.2, 0.25) is 0 Å². The van der Waals surface area contributed by atoms with Crippen LogP contribution in [0, 0.1) is 18.6 Å². The molecule has 0 bridgehead atoms. The van der Waals surface area contributed by atoms with E-state index in [4.69, 9.17) is 9.47 Å². The number of rotatable bonds is 13. The quantitative estimate of drug-likeness (QED) is 0.0858. The van der Waals surface area contributed by atoms with Crippen molar-refractivity contribution in [3.05, 3.63) is 117 Å². The molecule has 5 rings (SSSR count). The van der Waals surface area contributed by atoms with E-state index in [0.29, 0.717) is 42.3 Å². The number of carbonyl (C=O) groups excluding carboxylic acids is 1. The van der Waals surface area contributed by atoms with Gasteiger partial charge >= 0.3 is 12.1 Å². The van der Waals surface area contributed by atoms with Crippen LogP contribution in [-0.4, -0.2) is 36.6 Å². The molecular formula is C37H37F5N2O4S. The van der Waals surface area contributed by atoms with E-state index in [1.165, 1.54) is 41.6 Å². The molecule has 2 atom stereocenters. The van der Waals surface area contributed by atoms with Gasteiger partial charge in [0.05, 0.1) is 42.0 Å². The Morgan fingerprint density at radius 2 is 1.76 bits per heavy atom. The van der Waals surface area contributed by atoms with Gasteiger partial charge in [-0.3, -0.25) is 14.2 Å². The van der Waals surface area contributed by atoms with Gasteiger partial charge in [0.25, 0.3) is 5.56 Å². The maximum Gasteiger partial charge on any atom is 0.416 e. The highest BCUT2D eigenvalue weighted by atomic mass is 32.2. The van der Waals surface area contributed by atoms with Gasteiger partial charge in [0.2, 0.25) is 0 Å². The van der Waals surface area contributed by atoms with Gasteiger partial charge in [0.15, 0.2) is 11.6 Å². The number of ether oxygens (including phenoxy) is 2. The average molecular weight is 701 g/mol. The Bertz CT molecular complexity index is 1860. The number of carbonyl (C=O) groups is 1. The number of benzene rings is 3. The second-order valence-corrected chi connectivity index (χ2v) is 12.7. The third-order valence-corrected chi connectivity index (χ3v) is 9.94. The highest BCUT2D eigenvalue weighted by Gasteiger charge is 2.38. The van der Waals surface area contributed by atoms with Crippen molar-refractivity contribution in [2.45, 2.75) is 62.8 Å². The van der Waals surface area contributed by atoms with Crippen molar-refractivity contribution < 1.29 is 36.2 Å². The maximum atomic E-state index is 15.8. The molecule has 1 aliphatic heterocycles. The summed E-state index contributed by atoms with van der Waals surface area (Å²) in [6, 6.07) is 15.6. The largest absolute Gasteiger partial charge is 0.494 e. The van der Waals surface area contributed by atoms with E-state index in [1.807, 2.05) is 30.3 Å². The molecule has 0 amide bonds. The topological polar surface area (TPSA) is 69.6 Å². The molecule has 3 aromatic carbocycles. The molecular weight excluding hydrogens is 663 g/mol. The summed E-state index contributed by atoms with van der Waals surface area (Å²) in [6.07, 6.45) is -3.82. The first-order valence-corrected chi connectivity index (χ1v) is 17.0. The molecule has 12 heteroatoms. The highest BCUT2D eigenvalue weighted by molar-refractivity contribution is 7.99. The summed E-state index contributed by atoms with van der Waals surface area (Å²) in [5.74, 6) is -1.84. The summed E-state index contributed by atoms with van der Waals surface area (Å²) < 4.78 is 85.2. The Labute approximate surface area is 285 Å². The first-order valence-electron chi connectivity index (χ1n) is 16.0. The number of hydrogen-bond acceptors (Lipinski definition) is 6. The zero-order chi connectivity index (χ0) is 35.3. The lowest BCUT2D eigenvalue weighted by molar-refractivity contribution is -0.143. The van der Waals surface area contributed by atoms with Gasteiger partial charge in [-0.25, -0.2) is 8.78 Å². The second kappa shape index (κ2) is 15.6. The fourth-order valence-electron chi connectivity index (χ4n) is 6.36. The van der Waals surface area contributed by atoms with Gasteiger partial charge in [-0.05, 0) is 68.1 Å². The van der Waals surface area contributed by atoms with E-state index in [-0.39, 0.29) is 34.8 Å². The standard InChI is InChI=1S/C37H37F5N2O4S/c1-4-48-31(45)18-8-9-19-43-34(23-12-6-5-7-13-23)29-21-49-36-25(20-26-27(37(40,41)42)15-11-16-28(26)38)22(2)32(35(46)44(29)36)24-14-10-17-30(47-3)33(24)39/h5-7,10-17,29,34,43H,4,8-9,18-21H2,1-3H3. The zero-order valence-electron chi connectivity index (χ0n) is 27.3. The smallest absolute Gasteiger partial charge is 0.416 e. The fourth-order valence-corrected chi connectivity index (χ4v) is 7.79. The summed E-state index contributed by atoms with van der Waals surface area (Å²) >= 11 is 1.30. The highest BCUT2D eigenvalue weighted by Crippen LogP contribution is 2.45. The Morgan fingerprint density at radius 3 is 2.45 bits per heavy atom. The lowest BCUT2D eigenvalue weighted by atomic mass is 9.91. The molecule has 4 aromatic rings. The lowest BCUT2D eigenvalue weighted by Gasteiger charge is -2.28. The monoisotopic (exact) mass is 700 g/mol. The normalized spacial score (nSPS) is 14.8. The van der Waals surface area contributed by atoms with Gasteiger partial charge < -0.3 is 14.8 Å². The third kappa shape index (κ3) is 7.70. The lowest BCUT2D eigenvalue weighted by Crippen LogP contribution is -2.36. The van der Waals surface area contributed by atoms with Crippen molar-refractivity contribution in [2.24, 2.45) is 0 Å². The summed E-state index contributed by atoms with van der Waals surface area (Å²) in [6.45, 7) is 4.10. The van der Waals surface area contributed by atoms with E-state index in [9.17, 15) is 22.8 Å². The Hall–Kier alpha value is -4.16. The maximum absolute atomic E-state index is 15.8. The number of methoxy groups -OCH3 is 1. The van der Waals surface area contributed by atoms with Crippen LogP contribution < -0.4 is 15.6 Å². The van der Waals surface area contributed by atoms with Crippen molar-refractivity contribution in [3.8, 4) is 16.9 Å². The van der Waals surface area contributed by atoms with Crippen molar-refractivity contribution in [3.63, 3.8) is 0 Å². The number of nitrogens with one attached hydrogen (secondary N) is 1. The fraction of sp³-hybridized carbons (Fsp3) is 0.351. The zero-order valence-corrected chi connectivity index (χ0v) is 28.2. The van der Waals surface area contributed by atoms with Gasteiger partial charge in [0.1, 0.15) is 5.82 Å². The molecule has 0 saturated heterocycles. The summed E-state index contributed by atoms with van der Waals surface area (Å²) in [4.78, 5) is 26.4. The number of hydrogen-bond donors (Lipinski definition) is 1. The van der Waals surface area contributed by atoms with Crippen LogP contribution in [0.5, 0.6) is 5.75 Å². The number of halogens is 5. The molecule has 0 aliphatic carbocycles. The Morgan fingerprint density at radius 1 is 1.02 bits per heavy atom. The number of unbranched alkanes of at least 4 members (excludes halogenated alkanes) is 1. The third-order valence-electron chi connectivity index (χ3n) is 8.71. The van der Waals surface area contributed by atoms with Crippen LogP contribution in [0.4, 0.5) is 22.0 Å². The predicted octanol–water partition coefficient (Wildman–Crippen LogP) is 8.43. The van der Waals surface area contributed by atoms with Crippen LogP contribution in [0.3, 0.4) is 0 Å². The number of nitrogens with zero attached hydrogens (tertiary/aromatic N) is 1. The Kier molecular flexibility index (Phi) is 11.5. The minimum atomic E-state index is -4.83. The minimum Gasteiger partial charge on any atom is -0.494 e. The van der Waals surface area contributed by atoms with Gasteiger partial charge in [0, 0.05) is 29.7 Å². The molecule has 0 spiro atoms. The first-order chi connectivity index (χ1) is 23.5. The molecule has 260 valence electrons. The average Bonchev–Trinajstić information content (AvgIpc) is 3.51. The molecule has 0 saturated carbocycles. The number of aromatic nitrogens is 1. The van der Waals surface area contributed by atoms with E-state index in [1.54, 1.807) is 13.8 Å². The molecule has 1 aromatic heterocycles. The molecule has 1 N–H and O–H groups in total. The molecule has 0 fully saturated rings. The number of alkyl halides is 3. The van der Waals surface area contributed by atoms with Gasteiger partial charge in [-0.15, -0.1) is 11.8 Å². The number of pyridine rings is 1. The van der Waals surface area contributed by atoms with Crippen LogP contribution in [-0.2, 0) is 22.1 Å². The number of thioether (sulfide) groups is 1. The van der Waals surface area contributed by atoms with E-state index < -0.39 is 53.0 Å². The van der Waals surface area contributed by atoms with E-state index >= 15 is 8.78 Å². The van der Waals surface area contributed by atoms with Crippen molar-refractivity contribution >= 4 is 17.7 Å². The molecule has 1 aliphatic rings. The van der Waals surface area contributed by atoms with Crippen LogP contribution >= 0.6 is 11.8 Å². The predicted molar refractivity (Wildman–Crippen MR) is 179 cm³/mol. The van der Waals surface area contributed by atoms with E-state index in [2.05, 4.69) is 5.32 Å². The molecule has 6 nitrogen and oxygen atoms in total. The van der Waals surface area contributed by atoms with E-state index in [0.717, 1.165) is 23.8 Å². The SMILES string of the molecule is CCOC(=O)CCCCNC(c1ccccc1)C1CSc2c(Cc3c(F)cccc3C(F)(F)F)c(C)c(-c3cccc(OC)c3F)c(=O)n21. The summed E-state index contributed by atoms with van der Waals surface area (Å²) in [7, 11) is 1.29. The van der Waals surface area contributed by atoms with Crippen molar-refractivity contribution in [1.29, 1.82) is 0 Å². The molecule has 2 unspecified atom stereocenters. The van der Waals surface area contributed by atoms with Crippen molar-refractivity contribution in [1.82, 2.24) is 9.88 Å². The first kappa shape index (κ1) is 36.1. The number of fused-ring (bicyclic) bond motifs is 1. The van der Waals surface area contributed by atoms with Crippen molar-refractivity contribution in [2.75, 3.05) is 26.0 Å². The van der Waals surface area contributed by atoms with Crippen LogP contribution in [0.15, 0.2) is 76.6 Å². The van der Waals surface area contributed by atoms with Gasteiger partial charge in [-0.1, -0.05) is 48.5 Å². The summed E-state index contributed by atoms with van der Waals surface area (Å²) in [5.41, 5.74) is -0.860. The Balaban J connectivity index is 1.66. The minimum absolute atomic E-state index is 0.0335.